The molecule has 0 aliphatic rings. The zero-order valence-electron chi connectivity index (χ0n) is 19.1. The van der Waals surface area contributed by atoms with Crippen LogP contribution in [0.15, 0.2) is 53.1 Å². The highest BCUT2D eigenvalue weighted by atomic mass is 32.1. The number of ether oxygens (including phenoxy) is 1. The summed E-state index contributed by atoms with van der Waals surface area (Å²) in [6, 6.07) is 16.2. The average Bonchev–Trinajstić information content (AvgIpc) is 3.43. The molecule has 0 saturated carbocycles. The molecule has 36 heavy (non-hydrogen) atoms. The third kappa shape index (κ3) is 3.57. The van der Waals surface area contributed by atoms with Crippen molar-refractivity contribution in [1.82, 2.24) is 10.3 Å². The summed E-state index contributed by atoms with van der Waals surface area (Å²) in [6.07, 6.45) is 0. The van der Waals surface area contributed by atoms with Gasteiger partial charge in [0, 0.05) is 23.1 Å². The van der Waals surface area contributed by atoms with Crippen molar-refractivity contribution in [2.45, 2.75) is 6.92 Å². The Kier molecular flexibility index (Phi) is 5.50. The van der Waals surface area contributed by atoms with Crippen molar-refractivity contribution in [3.8, 4) is 34.6 Å². The van der Waals surface area contributed by atoms with Gasteiger partial charge in [-0.1, -0.05) is 29.8 Å². The number of pyridine rings is 1. The second-order valence-electron chi connectivity index (χ2n) is 7.90. The van der Waals surface area contributed by atoms with E-state index in [0.29, 0.717) is 32.8 Å². The molecule has 3 aromatic heterocycles. The lowest BCUT2D eigenvalue weighted by Crippen LogP contribution is -2.39. The van der Waals surface area contributed by atoms with Crippen molar-refractivity contribution in [3.05, 3.63) is 70.2 Å². The molecule has 5 aromatic rings. The summed E-state index contributed by atoms with van der Waals surface area (Å²) in [5, 5.41) is 26.5. The summed E-state index contributed by atoms with van der Waals surface area (Å²) >= 11 is 0.978. The number of hydrogen-bond acceptors (Lipinski definition) is 10. The molecule has 0 amide bonds. The van der Waals surface area contributed by atoms with Crippen molar-refractivity contribution >= 4 is 38.8 Å². The maximum atomic E-state index is 13.6. The number of nitriles is 1. The number of aryl methyl sites for hydroxylation is 1. The molecule has 0 aliphatic carbocycles. The normalized spacial score (nSPS) is 10.9. The summed E-state index contributed by atoms with van der Waals surface area (Å²) < 4.78 is 11.1. The molecule has 2 aromatic carbocycles. The van der Waals surface area contributed by atoms with Crippen LogP contribution in [-0.4, -0.2) is 23.1 Å². The molecule has 0 aliphatic heterocycles. The number of carbonyl (C=O) groups excluding carboxylic acids is 1. The highest BCUT2D eigenvalue weighted by Gasteiger charge is 2.33. The van der Waals surface area contributed by atoms with Crippen LogP contribution in [0, 0.1) is 18.3 Å². The monoisotopic (exact) mass is 498 g/mol. The molecule has 0 bridgehead atoms. The van der Waals surface area contributed by atoms with Gasteiger partial charge in [-0.3, -0.25) is 4.79 Å². The van der Waals surface area contributed by atoms with E-state index >= 15 is 0 Å². The third-order valence-corrected chi connectivity index (χ3v) is 6.80. The average molecular weight is 499 g/mol. The van der Waals surface area contributed by atoms with Gasteiger partial charge in [0.25, 0.3) is 5.78 Å². The van der Waals surface area contributed by atoms with Gasteiger partial charge in [0.05, 0.1) is 18.1 Å². The molecule has 0 unspecified atom stereocenters. The third-order valence-electron chi connectivity index (χ3n) is 5.71. The maximum absolute atomic E-state index is 13.6. The lowest BCUT2D eigenvalue weighted by molar-refractivity contribution is -0.672. The predicted octanol–water partition coefficient (Wildman–Crippen LogP) is 2.89. The molecular formula is C25H18N6O4S. The lowest BCUT2D eigenvalue weighted by atomic mass is 9.96. The van der Waals surface area contributed by atoms with Crippen LogP contribution in [0.25, 0.3) is 27.0 Å². The number of methoxy groups -OCH3 is 1. The van der Waals surface area contributed by atoms with Crippen molar-refractivity contribution in [2.24, 2.45) is 0 Å². The second kappa shape index (κ2) is 8.68. The summed E-state index contributed by atoms with van der Waals surface area (Å²) in [7, 11) is 1.52. The Morgan fingerprint density at radius 3 is 2.50 bits per heavy atom. The number of nitrogen functional groups attached to an aromatic ring is 2. The number of thiophene rings is 1. The fourth-order valence-electron chi connectivity index (χ4n) is 3.91. The molecule has 0 fully saturated rings. The number of aromatic nitrogens is 3. The number of ketones is 1. The van der Waals surface area contributed by atoms with Crippen LogP contribution in [0.1, 0.15) is 26.5 Å². The number of benzene rings is 2. The first-order valence-electron chi connectivity index (χ1n) is 10.6. The predicted molar refractivity (Wildman–Crippen MR) is 131 cm³/mol. The SMILES string of the molecule is COc1ccc(-[n+]2noc([O-])c2C(=O)c2sc3nc(N)c(C#N)c(-c4ccc(C)cc4)c3c2N)cc1. The van der Waals surface area contributed by atoms with E-state index in [0.717, 1.165) is 21.6 Å². The molecule has 11 heteroatoms. The second-order valence-corrected chi connectivity index (χ2v) is 8.90. The summed E-state index contributed by atoms with van der Waals surface area (Å²) in [6.45, 7) is 1.94. The number of carbonyl (C=O) groups is 1. The van der Waals surface area contributed by atoms with Gasteiger partial charge < -0.3 is 25.8 Å². The molecule has 178 valence electrons. The summed E-state index contributed by atoms with van der Waals surface area (Å²) in [5.41, 5.74) is 15.1. The zero-order valence-corrected chi connectivity index (χ0v) is 19.9. The molecule has 0 radical (unpaired) electrons. The van der Waals surface area contributed by atoms with Gasteiger partial charge in [0.15, 0.2) is 5.95 Å². The van der Waals surface area contributed by atoms with E-state index in [9.17, 15) is 15.2 Å². The summed E-state index contributed by atoms with van der Waals surface area (Å²) in [4.78, 5) is 18.4. The molecule has 3 heterocycles. The lowest BCUT2D eigenvalue weighted by Gasteiger charge is -2.10. The highest BCUT2D eigenvalue weighted by Crippen LogP contribution is 2.43. The Balaban J connectivity index is 1.71. The Bertz CT molecular complexity index is 1680. The van der Waals surface area contributed by atoms with E-state index in [1.165, 1.54) is 7.11 Å². The highest BCUT2D eigenvalue weighted by molar-refractivity contribution is 7.21. The van der Waals surface area contributed by atoms with Gasteiger partial charge in [-0.2, -0.15) is 5.26 Å². The van der Waals surface area contributed by atoms with Crippen LogP contribution in [0.2, 0.25) is 0 Å². The summed E-state index contributed by atoms with van der Waals surface area (Å²) in [5.74, 6) is -1.00. The number of anilines is 2. The maximum Gasteiger partial charge on any atom is 0.312 e. The van der Waals surface area contributed by atoms with Crippen molar-refractivity contribution in [1.29, 1.82) is 5.26 Å². The first-order valence-corrected chi connectivity index (χ1v) is 11.4. The van der Waals surface area contributed by atoms with Crippen molar-refractivity contribution < 1.29 is 23.8 Å². The smallest absolute Gasteiger partial charge is 0.312 e. The van der Waals surface area contributed by atoms with Crippen LogP contribution >= 0.6 is 11.3 Å². The molecule has 0 saturated heterocycles. The number of nitrogens with zero attached hydrogens (tertiary/aromatic N) is 4. The largest absolute Gasteiger partial charge is 0.539 e. The zero-order chi connectivity index (χ0) is 25.6. The fraction of sp³-hybridized carbons (Fsp3) is 0.0800. The van der Waals surface area contributed by atoms with E-state index in [2.05, 4.69) is 16.3 Å². The molecule has 4 N–H and O–H groups in total. The van der Waals surface area contributed by atoms with E-state index in [4.69, 9.17) is 20.7 Å². The minimum Gasteiger partial charge on any atom is -0.539 e. The molecule has 10 nitrogen and oxygen atoms in total. The minimum atomic E-state index is -0.920. The number of fused-ring (bicyclic) bond motifs is 1. The Hall–Kier alpha value is -4.95. The standard InChI is InChI=1S/C25H18N6O4S/c1-12-3-5-13(6-4-12)17-16(11-26)23(28)29-24-18(17)19(27)22(36-24)21(32)20-25(33)35-30-31(20)14-7-9-15(34-2)10-8-14/h3-10H,1-2H3,(H4-,27,28,29,30,32,33). The first-order chi connectivity index (χ1) is 17.3. The molecule has 5 rings (SSSR count). The molecule has 0 spiro atoms. The van der Waals surface area contributed by atoms with Gasteiger partial charge in [-0.05, 0) is 29.3 Å². The Morgan fingerprint density at radius 1 is 1.17 bits per heavy atom. The van der Waals surface area contributed by atoms with Gasteiger partial charge in [-0.15, -0.1) is 11.3 Å². The van der Waals surface area contributed by atoms with Gasteiger partial charge in [0.1, 0.15) is 32.9 Å². The van der Waals surface area contributed by atoms with E-state index in [-0.39, 0.29) is 27.6 Å². The van der Waals surface area contributed by atoms with E-state index in [1.807, 2.05) is 31.2 Å². The van der Waals surface area contributed by atoms with Crippen LogP contribution in [0.3, 0.4) is 0 Å². The molecular weight excluding hydrogens is 480 g/mol. The van der Waals surface area contributed by atoms with Crippen LogP contribution in [0.4, 0.5) is 11.5 Å². The number of rotatable bonds is 5. The van der Waals surface area contributed by atoms with E-state index in [1.54, 1.807) is 24.3 Å². The molecule has 0 atom stereocenters. The number of nitrogens with two attached hydrogens (primary N) is 2. The topological polar surface area (TPSA) is 168 Å². The van der Waals surface area contributed by atoms with Gasteiger partial charge in [0.2, 0.25) is 5.69 Å². The van der Waals surface area contributed by atoms with Crippen LogP contribution in [-0.2, 0) is 0 Å². The van der Waals surface area contributed by atoms with Gasteiger partial charge in [-0.25, -0.2) is 4.98 Å². The Morgan fingerprint density at radius 2 is 1.86 bits per heavy atom. The number of hydrogen-bond donors (Lipinski definition) is 2. The first kappa shape index (κ1) is 22.8. The van der Waals surface area contributed by atoms with Crippen molar-refractivity contribution in [3.63, 3.8) is 0 Å². The van der Waals surface area contributed by atoms with Crippen LogP contribution < -0.4 is 26.0 Å². The fourth-order valence-corrected chi connectivity index (χ4v) is 4.96. The minimum absolute atomic E-state index is 0.0172. The quantitative estimate of drug-likeness (QED) is 0.273. The van der Waals surface area contributed by atoms with Crippen molar-refractivity contribution in [2.75, 3.05) is 18.6 Å². The van der Waals surface area contributed by atoms with Gasteiger partial charge >= 0.3 is 5.69 Å². The van der Waals surface area contributed by atoms with E-state index < -0.39 is 11.7 Å². The Labute approximate surface area is 208 Å². The van der Waals surface area contributed by atoms with Crippen LogP contribution in [0.5, 0.6) is 11.7 Å².